The Balaban J connectivity index is 1.59. The van der Waals surface area contributed by atoms with Crippen LogP contribution < -0.4 is 5.32 Å². The van der Waals surface area contributed by atoms with Gasteiger partial charge in [0.25, 0.3) is 0 Å². The average molecular weight is 241 g/mol. The fourth-order valence-corrected chi connectivity index (χ4v) is 2.50. The van der Waals surface area contributed by atoms with E-state index in [1.165, 1.54) is 0 Å². The minimum absolute atomic E-state index is 0.260. The summed E-state index contributed by atoms with van der Waals surface area (Å²) in [5, 5.41) is 3.29. The molecule has 0 aliphatic carbocycles. The fraction of sp³-hybridized carbons (Fsp3) is 0.923. The predicted octanol–water partition coefficient (Wildman–Crippen LogP) is 1.14. The maximum Gasteiger partial charge on any atom is 0.158 e. The summed E-state index contributed by atoms with van der Waals surface area (Å²) in [6.07, 6.45) is 5.08. The molecule has 1 N–H and O–H groups in total. The number of hydrogen-bond acceptors (Lipinski definition) is 4. The lowest BCUT2D eigenvalue weighted by Crippen LogP contribution is -2.33. The van der Waals surface area contributed by atoms with E-state index in [-0.39, 0.29) is 11.9 Å². The average Bonchev–Trinajstić information content (AvgIpc) is 2.39. The molecule has 2 heterocycles. The normalized spacial score (nSPS) is 23.8. The second kappa shape index (κ2) is 7.09. The van der Waals surface area contributed by atoms with Crippen molar-refractivity contribution in [1.29, 1.82) is 0 Å². The Morgan fingerprint density at radius 3 is 2.59 bits per heavy atom. The zero-order chi connectivity index (χ0) is 11.9. The Morgan fingerprint density at radius 1 is 1.18 bits per heavy atom. The highest BCUT2D eigenvalue weighted by Gasteiger charge is 2.19. The molecule has 0 saturated carbocycles. The van der Waals surface area contributed by atoms with Crippen LogP contribution in [0.25, 0.3) is 0 Å². The summed E-state index contributed by atoms with van der Waals surface area (Å²) in [4.78, 5) is 11.8. The van der Waals surface area contributed by atoms with Crippen molar-refractivity contribution in [1.82, 2.24) is 5.32 Å². The van der Waals surface area contributed by atoms with Gasteiger partial charge in [-0.25, -0.2) is 0 Å². The largest absolute Gasteiger partial charge is 0.381 e. The quantitative estimate of drug-likeness (QED) is 0.784. The van der Waals surface area contributed by atoms with Gasteiger partial charge >= 0.3 is 0 Å². The lowest BCUT2D eigenvalue weighted by atomic mass is 9.94. The van der Waals surface area contributed by atoms with Crippen molar-refractivity contribution >= 4 is 5.78 Å². The van der Waals surface area contributed by atoms with Crippen LogP contribution in [0, 0.1) is 5.92 Å². The molecule has 0 aromatic heterocycles. The first-order valence-electron chi connectivity index (χ1n) is 6.76. The third-order valence-electron chi connectivity index (χ3n) is 3.62. The molecule has 0 aromatic carbocycles. The van der Waals surface area contributed by atoms with Crippen molar-refractivity contribution in [2.24, 2.45) is 5.92 Å². The summed E-state index contributed by atoms with van der Waals surface area (Å²) in [7, 11) is 0. The number of carbonyl (C=O) groups is 1. The molecule has 17 heavy (non-hydrogen) atoms. The molecule has 2 saturated heterocycles. The number of nitrogens with one attached hydrogen (secondary N) is 1. The molecule has 0 amide bonds. The SMILES string of the molecule is O=C(COC1CCNCC1)CC1CCOCC1. The van der Waals surface area contributed by atoms with Crippen LogP contribution in [0.5, 0.6) is 0 Å². The summed E-state index contributed by atoms with van der Waals surface area (Å²) in [6, 6.07) is 0. The van der Waals surface area contributed by atoms with E-state index in [1.807, 2.05) is 0 Å². The lowest BCUT2D eigenvalue weighted by Gasteiger charge is -2.24. The first kappa shape index (κ1) is 13.0. The number of carbonyl (C=O) groups excluding carboxylic acids is 1. The molecule has 4 heteroatoms. The first-order valence-corrected chi connectivity index (χ1v) is 6.76. The van der Waals surface area contributed by atoms with E-state index in [0.29, 0.717) is 18.9 Å². The summed E-state index contributed by atoms with van der Waals surface area (Å²) in [5.74, 6) is 0.781. The molecular weight excluding hydrogens is 218 g/mol. The van der Waals surface area contributed by atoms with Gasteiger partial charge in [0.05, 0.1) is 6.10 Å². The van der Waals surface area contributed by atoms with Crippen LogP contribution in [0.4, 0.5) is 0 Å². The number of ether oxygens (including phenoxy) is 2. The number of hydrogen-bond donors (Lipinski definition) is 1. The maximum atomic E-state index is 11.8. The van der Waals surface area contributed by atoms with E-state index in [4.69, 9.17) is 9.47 Å². The van der Waals surface area contributed by atoms with E-state index in [2.05, 4.69) is 5.32 Å². The Kier molecular flexibility index (Phi) is 5.42. The third-order valence-corrected chi connectivity index (χ3v) is 3.62. The third kappa shape index (κ3) is 4.74. The first-order chi connectivity index (χ1) is 8.34. The highest BCUT2D eigenvalue weighted by atomic mass is 16.5. The molecule has 0 radical (unpaired) electrons. The van der Waals surface area contributed by atoms with Gasteiger partial charge in [-0.2, -0.15) is 0 Å². The van der Waals surface area contributed by atoms with E-state index in [1.54, 1.807) is 0 Å². The fourth-order valence-electron chi connectivity index (χ4n) is 2.50. The predicted molar refractivity (Wildman–Crippen MR) is 65.0 cm³/mol. The zero-order valence-electron chi connectivity index (χ0n) is 10.5. The smallest absolute Gasteiger partial charge is 0.158 e. The molecule has 0 atom stereocenters. The van der Waals surface area contributed by atoms with Gasteiger partial charge in [-0.15, -0.1) is 0 Å². The highest BCUT2D eigenvalue weighted by molar-refractivity contribution is 5.79. The number of ketones is 1. The van der Waals surface area contributed by atoms with Gasteiger partial charge in [0.15, 0.2) is 5.78 Å². The molecule has 2 fully saturated rings. The van der Waals surface area contributed by atoms with Crippen molar-refractivity contribution in [2.75, 3.05) is 32.9 Å². The molecule has 0 spiro atoms. The zero-order valence-corrected chi connectivity index (χ0v) is 10.5. The van der Waals surface area contributed by atoms with Gasteiger partial charge in [0, 0.05) is 19.6 Å². The number of Topliss-reactive ketones (excluding diaryl/α,β-unsaturated/α-hetero) is 1. The Morgan fingerprint density at radius 2 is 1.88 bits per heavy atom. The van der Waals surface area contributed by atoms with Crippen molar-refractivity contribution in [3.05, 3.63) is 0 Å². The van der Waals surface area contributed by atoms with Crippen LogP contribution in [-0.2, 0) is 14.3 Å². The van der Waals surface area contributed by atoms with Gasteiger partial charge in [-0.1, -0.05) is 0 Å². The van der Waals surface area contributed by atoms with Crippen molar-refractivity contribution in [3.63, 3.8) is 0 Å². The molecule has 4 nitrogen and oxygen atoms in total. The van der Waals surface area contributed by atoms with Gasteiger partial charge in [-0.05, 0) is 44.7 Å². The molecule has 98 valence electrons. The van der Waals surface area contributed by atoms with Crippen LogP contribution in [0.3, 0.4) is 0 Å². The topological polar surface area (TPSA) is 47.6 Å². The van der Waals surface area contributed by atoms with Crippen molar-refractivity contribution in [2.45, 2.75) is 38.2 Å². The molecule has 0 unspecified atom stereocenters. The molecular formula is C13H23NO3. The molecule has 2 aliphatic rings. The minimum atomic E-state index is 0.260. The Hall–Kier alpha value is -0.450. The van der Waals surface area contributed by atoms with E-state index < -0.39 is 0 Å². The van der Waals surface area contributed by atoms with Crippen LogP contribution in [-0.4, -0.2) is 44.8 Å². The Labute approximate surface area is 103 Å². The minimum Gasteiger partial charge on any atom is -0.381 e. The summed E-state index contributed by atoms with van der Waals surface area (Å²) < 4.78 is 11.0. The second-order valence-corrected chi connectivity index (χ2v) is 5.06. The van der Waals surface area contributed by atoms with Gasteiger partial charge in [0.1, 0.15) is 6.61 Å². The number of piperidine rings is 1. The standard InChI is InChI=1S/C13H23NO3/c15-12(9-11-3-7-16-8-4-11)10-17-13-1-5-14-6-2-13/h11,13-14H,1-10H2. The van der Waals surface area contributed by atoms with Crippen LogP contribution in [0.1, 0.15) is 32.1 Å². The summed E-state index contributed by atoms with van der Waals surface area (Å²) in [6.45, 7) is 3.96. The van der Waals surface area contributed by atoms with Gasteiger partial charge < -0.3 is 14.8 Å². The molecule has 2 rings (SSSR count). The van der Waals surface area contributed by atoms with Crippen LogP contribution in [0.15, 0.2) is 0 Å². The second-order valence-electron chi connectivity index (χ2n) is 5.06. The molecule has 0 bridgehead atoms. The van der Waals surface area contributed by atoms with Crippen LogP contribution >= 0.6 is 0 Å². The maximum absolute atomic E-state index is 11.8. The molecule has 0 aromatic rings. The van der Waals surface area contributed by atoms with E-state index >= 15 is 0 Å². The van der Waals surface area contributed by atoms with Gasteiger partial charge in [-0.3, -0.25) is 4.79 Å². The molecule has 2 aliphatic heterocycles. The van der Waals surface area contributed by atoms with Crippen LogP contribution in [0.2, 0.25) is 0 Å². The lowest BCUT2D eigenvalue weighted by molar-refractivity contribution is -0.127. The van der Waals surface area contributed by atoms with E-state index in [9.17, 15) is 4.79 Å². The number of rotatable bonds is 5. The Bertz CT molecular complexity index is 233. The monoisotopic (exact) mass is 241 g/mol. The van der Waals surface area contributed by atoms with Crippen molar-refractivity contribution in [3.8, 4) is 0 Å². The summed E-state index contributed by atoms with van der Waals surface area (Å²) in [5.41, 5.74) is 0. The highest BCUT2D eigenvalue weighted by Crippen LogP contribution is 2.19. The van der Waals surface area contributed by atoms with Gasteiger partial charge in [0.2, 0.25) is 0 Å². The van der Waals surface area contributed by atoms with E-state index in [0.717, 1.165) is 52.0 Å². The summed E-state index contributed by atoms with van der Waals surface area (Å²) >= 11 is 0. The van der Waals surface area contributed by atoms with Crippen molar-refractivity contribution < 1.29 is 14.3 Å².